The SMILES string of the molecule is Cc1cnccc1C(C)(N)CO. The highest BCUT2D eigenvalue weighted by Gasteiger charge is 2.21. The van der Waals surface area contributed by atoms with Crippen molar-refractivity contribution in [2.75, 3.05) is 6.61 Å². The molecule has 0 aliphatic carbocycles. The highest BCUT2D eigenvalue weighted by molar-refractivity contribution is 5.28. The topological polar surface area (TPSA) is 59.1 Å². The second-order valence-electron chi connectivity index (χ2n) is 3.27. The van der Waals surface area contributed by atoms with Gasteiger partial charge in [0.1, 0.15) is 0 Å². The largest absolute Gasteiger partial charge is 0.394 e. The lowest BCUT2D eigenvalue weighted by molar-refractivity contribution is 0.209. The van der Waals surface area contributed by atoms with Gasteiger partial charge in [-0.3, -0.25) is 4.98 Å². The molecule has 1 unspecified atom stereocenters. The molecule has 0 saturated carbocycles. The number of hydrogen-bond donors (Lipinski definition) is 2. The van der Waals surface area contributed by atoms with Crippen molar-refractivity contribution in [2.45, 2.75) is 19.4 Å². The number of nitrogens with two attached hydrogens (primary N) is 1. The van der Waals surface area contributed by atoms with Gasteiger partial charge in [-0.1, -0.05) is 0 Å². The third-order valence-electron chi connectivity index (χ3n) is 1.96. The first-order valence-corrected chi connectivity index (χ1v) is 3.89. The van der Waals surface area contributed by atoms with Crippen molar-refractivity contribution >= 4 is 0 Å². The van der Waals surface area contributed by atoms with E-state index in [9.17, 15) is 0 Å². The van der Waals surface area contributed by atoms with E-state index in [1.54, 1.807) is 19.3 Å². The number of hydrogen-bond acceptors (Lipinski definition) is 3. The number of rotatable bonds is 2. The zero-order chi connectivity index (χ0) is 9.19. The number of aliphatic hydroxyl groups is 1. The molecule has 12 heavy (non-hydrogen) atoms. The molecule has 0 aromatic carbocycles. The summed E-state index contributed by atoms with van der Waals surface area (Å²) in [4.78, 5) is 3.96. The average Bonchev–Trinajstić information content (AvgIpc) is 2.05. The van der Waals surface area contributed by atoms with E-state index in [4.69, 9.17) is 10.8 Å². The minimum absolute atomic E-state index is 0.0577. The lowest BCUT2D eigenvalue weighted by Crippen LogP contribution is -2.37. The smallest absolute Gasteiger partial charge is 0.0650 e. The van der Waals surface area contributed by atoms with Gasteiger partial charge in [0.05, 0.1) is 12.1 Å². The van der Waals surface area contributed by atoms with Crippen LogP contribution in [0.3, 0.4) is 0 Å². The molecule has 0 aliphatic rings. The molecule has 0 amide bonds. The van der Waals surface area contributed by atoms with Gasteiger partial charge >= 0.3 is 0 Å². The molecule has 0 saturated heterocycles. The number of pyridine rings is 1. The average molecular weight is 166 g/mol. The lowest BCUT2D eigenvalue weighted by atomic mass is 9.92. The van der Waals surface area contributed by atoms with Gasteiger partial charge in [0, 0.05) is 12.4 Å². The molecule has 1 atom stereocenters. The van der Waals surface area contributed by atoms with E-state index in [2.05, 4.69) is 4.98 Å². The van der Waals surface area contributed by atoms with Crippen molar-refractivity contribution in [2.24, 2.45) is 5.73 Å². The highest BCUT2D eigenvalue weighted by atomic mass is 16.3. The van der Waals surface area contributed by atoms with Crippen molar-refractivity contribution in [3.05, 3.63) is 29.6 Å². The third-order valence-corrected chi connectivity index (χ3v) is 1.96. The summed E-state index contributed by atoms with van der Waals surface area (Å²) >= 11 is 0. The quantitative estimate of drug-likeness (QED) is 0.674. The number of aliphatic hydroxyl groups excluding tert-OH is 1. The Bertz CT molecular complexity index is 271. The van der Waals surface area contributed by atoms with Crippen LogP contribution in [-0.4, -0.2) is 16.7 Å². The van der Waals surface area contributed by atoms with Crippen LogP contribution in [0.1, 0.15) is 18.1 Å². The Morgan fingerprint density at radius 1 is 1.67 bits per heavy atom. The summed E-state index contributed by atoms with van der Waals surface area (Å²) in [5.41, 5.74) is 7.16. The molecule has 0 bridgehead atoms. The molecule has 0 aliphatic heterocycles. The van der Waals surface area contributed by atoms with Crippen molar-refractivity contribution in [3.63, 3.8) is 0 Å². The number of aryl methyl sites for hydroxylation is 1. The van der Waals surface area contributed by atoms with Crippen LogP contribution in [0.4, 0.5) is 0 Å². The second kappa shape index (κ2) is 3.21. The minimum Gasteiger partial charge on any atom is -0.394 e. The van der Waals surface area contributed by atoms with Gasteiger partial charge in [0.15, 0.2) is 0 Å². The third kappa shape index (κ3) is 1.62. The molecule has 1 heterocycles. The normalized spacial score (nSPS) is 15.7. The van der Waals surface area contributed by atoms with Crippen molar-refractivity contribution in [1.29, 1.82) is 0 Å². The van der Waals surface area contributed by atoms with Crippen LogP contribution in [-0.2, 0) is 5.54 Å². The van der Waals surface area contributed by atoms with Gasteiger partial charge in [-0.25, -0.2) is 0 Å². The molecule has 1 aromatic heterocycles. The van der Waals surface area contributed by atoms with Crippen LogP contribution < -0.4 is 5.73 Å². The van der Waals surface area contributed by atoms with Crippen LogP contribution >= 0.6 is 0 Å². The van der Waals surface area contributed by atoms with E-state index in [0.29, 0.717) is 0 Å². The Morgan fingerprint density at radius 2 is 2.33 bits per heavy atom. The summed E-state index contributed by atoms with van der Waals surface area (Å²) in [6.07, 6.45) is 3.43. The summed E-state index contributed by atoms with van der Waals surface area (Å²) in [6, 6.07) is 1.84. The first-order chi connectivity index (χ1) is 5.58. The lowest BCUT2D eigenvalue weighted by Gasteiger charge is -2.23. The van der Waals surface area contributed by atoms with Crippen molar-refractivity contribution < 1.29 is 5.11 Å². The van der Waals surface area contributed by atoms with Crippen LogP contribution in [0.5, 0.6) is 0 Å². The summed E-state index contributed by atoms with van der Waals surface area (Å²) in [6.45, 7) is 3.68. The van der Waals surface area contributed by atoms with E-state index in [1.165, 1.54) is 0 Å². The first-order valence-electron chi connectivity index (χ1n) is 3.89. The summed E-state index contributed by atoms with van der Waals surface area (Å²) in [5, 5.41) is 9.03. The molecule has 66 valence electrons. The van der Waals surface area contributed by atoms with E-state index in [0.717, 1.165) is 11.1 Å². The van der Waals surface area contributed by atoms with Crippen LogP contribution in [0, 0.1) is 6.92 Å². The predicted molar refractivity (Wildman–Crippen MR) is 47.6 cm³/mol. The molecule has 0 spiro atoms. The van der Waals surface area contributed by atoms with Gasteiger partial charge in [-0.05, 0) is 31.0 Å². The Labute approximate surface area is 72.2 Å². The molecular formula is C9H14N2O. The fraction of sp³-hybridized carbons (Fsp3) is 0.444. The van der Waals surface area contributed by atoms with Crippen LogP contribution in [0.15, 0.2) is 18.5 Å². The highest BCUT2D eigenvalue weighted by Crippen LogP contribution is 2.19. The fourth-order valence-electron chi connectivity index (χ4n) is 1.20. The summed E-state index contributed by atoms with van der Waals surface area (Å²) in [7, 11) is 0. The molecule has 3 heteroatoms. The van der Waals surface area contributed by atoms with Gasteiger partial charge < -0.3 is 10.8 Å². The molecular weight excluding hydrogens is 152 g/mol. The number of aromatic nitrogens is 1. The monoisotopic (exact) mass is 166 g/mol. The maximum atomic E-state index is 9.03. The van der Waals surface area contributed by atoms with Gasteiger partial charge in [-0.2, -0.15) is 0 Å². The van der Waals surface area contributed by atoms with Crippen molar-refractivity contribution in [1.82, 2.24) is 4.98 Å². The van der Waals surface area contributed by atoms with E-state index >= 15 is 0 Å². The summed E-state index contributed by atoms with van der Waals surface area (Å²) < 4.78 is 0. The van der Waals surface area contributed by atoms with Gasteiger partial charge in [0.2, 0.25) is 0 Å². The van der Waals surface area contributed by atoms with Gasteiger partial charge in [-0.15, -0.1) is 0 Å². The summed E-state index contributed by atoms with van der Waals surface area (Å²) in [5.74, 6) is 0. The van der Waals surface area contributed by atoms with Crippen LogP contribution in [0.25, 0.3) is 0 Å². The number of nitrogens with zero attached hydrogens (tertiary/aromatic N) is 1. The van der Waals surface area contributed by atoms with E-state index in [-0.39, 0.29) is 6.61 Å². The second-order valence-corrected chi connectivity index (χ2v) is 3.27. The first kappa shape index (κ1) is 9.16. The molecule has 0 radical (unpaired) electrons. The van der Waals surface area contributed by atoms with Crippen molar-refractivity contribution in [3.8, 4) is 0 Å². The Morgan fingerprint density at radius 3 is 2.83 bits per heavy atom. The minimum atomic E-state index is -0.660. The molecule has 0 fully saturated rings. The molecule has 1 rings (SSSR count). The zero-order valence-corrected chi connectivity index (χ0v) is 7.41. The van der Waals surface area contributed by atoms with Gasteiger partial charge in [0.25, 0.3) is 0 Å². The zero-order valence-electron chi connectivity index (χ0n) is 7.41. The Kier molecular flexibility index (Phi) is 2.45. The molecule has 3 nitrogen and oxygen atoms in total. The maximum Gasteiger partial charge on any atom is 0.0650 e. The van der Waals surface area contributed by atoms with E-state index in [1.807, 2.05) is 13.0 Å². The Balaban J connectivity index is 3.10. The standard InChI is InChI=1S/C9H14N2O/c1-7-5-11-4-3-8(7)9(2,10)6-12/h3-5,12H,6,10H2,1-2H3. The molecule has 1 aromatic rings. The fourth-order valence-corrected chi connectivity index (χ4v) is 1.20. The predicted octanol–water partition coefficient (Wildman–Crippen LogP) is 0.556. The van der Waals surface area contributed by atoms with E-state index < -0.39 is 5.54 Å². The molecule has 3 N–H and O–H groups in total. The Hall–Kier alpha value is -0.930. The van der Waals surface area contributed by atoms with Crippen LogP contribution in [0.2, 0.25) is 0 Å². The maximum absolute atomic E-state index is 9.03.